The number of esters is 2. The Balaban J connectivity index is 0.000000407. The van der Waals surface area contributed by atoms with E-state index >= 15 is 0 Å². The summed E-state index contributed by atoms with van der Waals surface area (Å²) in [5.41, 5.74) is 4.69. The van der Waals surface area contributed by atoms with E-state index in [1.807, 2.05) is 13.0 Å². The summed E-state index contributed by atoms with van der Waals surface area (Å²) in [6, 6.07) is 7.29. The van der Waals surface area contributed by atoms with E-state index in [4.69, 9.17) is 18.2 Å². The molecule has 0 saturated carbocycles. The van der Waals surface area contributed by atoms with Crippen LogP contribution in [0.1, 0.15) is 36.7 Å². The Morgan fingerprint density at radius 3 is 2.16 bits per heavy atom. The number of hydrogen-bond donors (Lipinski definition) is 2. The second kappa shape index (κ2) is 11.9. The summed E-state index contributed by atoms with van der Waals surface area (Å²) in [5, 5.41) is 8.87. The Bertz CT molecular complexity index is 1550. The second-order valence-electron chi connectivity index (χ2n) is 7.30. The van der Waals surface area contributed by atoms with Crippen molar-refractivity contribution in [2.45, 2.75) is 14.4 Å². The van der Waals surface area contributed by atoms with Crippen LogP contribution in [0, 0.1) is 30.2 Å². The lowest BCUT2D eigenvalue weighted by atomic mass is 10.1. The Morgan fingerprint density at radius 1 is 1.03 bits per heavy atom. The first-order valence-corrected chi connectivity index (χ1v) is 10.9. The molecule has 3 aromatic carbocycles. The van der Waals surface area contributed by atoms with Crippen molar-refractivity contribution in [3.63, 3.8) is 0 Å². The molecule has 0 saturated heterocycles. The number of carbonyl (C=O) groups excluding carboxylic acids is 2. The van der Waals surface area contributed by atoms with Crippen LogP contribution >= 0.6 is 15.9 Å². The zero-order chi connectivity index (χ0) is 29.6. The van der Waals surface area contributed by atoms with Gasteiger partial charge in [0.1, 0.15) is 16.6 Å². The minimum Gasteiger partial charge on any atom is -0.503 e. The topological polar surface area (TPSA) is 125 Å². The first-order valence-electron chi connectivity index (χ1n) is 11.1. The van der Waals surface area contributed by atoms with Crippen molar-refractivity contribution in [1.82, 2.24) is 4.98 Å². The highest BCUT2D eigenvalue weighted by Crippen LogP contribution is 2.33. The van der Waals surface area contributed by atoms with Crippen molar-refractivity contribution in [3.8, 4) is 17.2 Å². The van der Waals surface area contributed by atoms with Crippen molar-refractivity contribution in [3.05, 3.63) is 74.8 Å². The predicted octanol–water partition coefficient (Wildman–Crippen LogP) is 6.55. The molecule has 4 rings (SSSR count). The fraction of sp³-hybridized carbons (Fsp3) is 0.160. The van der Waals surface area contributed by atoms with E-state index in [0.717, 1.165) is 36.4 Å². The van der Waals surface area contributed by atoms with Crippen LogP contribution in [-0.4, -0.2) is 36.2 Å². The lowest BCUT2D eigenvalue weighted by Gasteiger charge is -2.05. The number of fused-ring (bicyclic) bond motifs is 1. The molecule has 1 heterocycles. The normalized spacial score (nSPS) is 10.5. The smallest absolute Gasteiger partial charge is 0.341 e. The number of anilines is 1. The Labute approximate surface area is 225 Å². The molecule has 0 fully saturated rings. The van der Waals surface area contributed by atoms with Crippen LogP contribution in [0.3, 0.4) is 0 Å². The lowest BCUT2D eigenvalue weighted by Crippen LogP contribution is -2.07. The molecule has 4 aromatic rings. The molecule has 0 aliphatic rings. The summed E-state index contributed by atoms with van der Waals surface area (Å²) in [4.78, 5) is 26.6. The molecule has 8 nitrogen and oxygen atoms in total. The quantitative estimate of drug-likeness (QED) is 0.117. The summed E-state index contributed by atoms with van der Waals surface area (Å²) in [5.74, 6) is -8.56. The van der Waals surface area contributed by atoms with Gasteiger partial charge in [-0.1, -0.05) is 29.4 Å². The van der Waals surface area contributed by atoms with Crippen molar-refractivity contribution >= 4 is 44.7 Å². The average molecular weight is 605 g/mol. The van der Waals surface area contributed by atoms with Crippen molar-refractivity contribution in [2.24, 2.45) is 0 Å². The molecule has 0 spiro atoms. The highest BCUT2D eigenvalue weighted by molar-refractivity contribution is 9.10. The van der Waals surface area contributed by atoms with E-state index in [-0.39, 0.29) is 24.4 Å². The molecule has 0 aliphatic carbocycles. The van der Waals surface area contributed by atoms with E-state index in [0.29, 0.717) is 5.56 Å². The highest BCUT2D eigenvalue weighted by Gasteiger charge is 2.24. The van der Waals surface area contributed by atoms with Gasteiger partial charge in [0, 0.05) is 13.0 Å². The maximum atomic E-state index is 14.1. The Hall–Kier alpha value is -4.13. The number of hydrogen-bond acceptors (Lipinski definition) is 8. The molecular weight excluding hydrogens is 580 g/mol. The molecule has 0 aliphatic heterocycles. The number of nitrogens with two attached hydrogens (primary N) is 1. The molecular formula is C25H23BrF4N2O6. The lowest BCUT2D eigenvalue weighted by molar-refractivity contribution is 0.0585. The summed E-state index contributed by atoms with van der Waals surface area (Å²) < 4.78 is 78.7. The van der Waals surface area contributed by atoms with Crippen molar-refractivity contribution in [1.29, 1.82) is 0 Å². The third-order valence-corrected chi connectivity index (χ3v) is 5.94. The van der Waals surface area contributed by atoms with Crippen LogP contribution in [0.5, 0.6) is 5.75 Å². The SMILES string of the molecule is C.COC(=O)c1cc(N)c(O)c(F)c1F.COC(=O)c1cc2nc(-c3cccc(Br)c3C)oc2c(F)c1F.[2H][2H]. The van der Waals surface area contributed by atoms with Crippen molar-refractivity contribution < 1.29 is 49.1 Å². The van der Waals surface area contributed by atoms with Gasteiger partial charge in [0.2, 0.25) is 17.5 Å². The molecule has 0 atom stereocenters. The number of rotatable bonds is 3. The first kappa shape index (κ1) is 28.4. The van der Waals surface area contributed by atoms with Gasteiger partial charge in [0.25, 0.3) is 0 Å². The van der Waals surface area contributed by atoms with Crippen LogP contribution in [0.15, 0.2) is 39.2 Å². The van der Waals surface area contributed by atoms with Crippen LogP contribution in [0.4, 0.5) is 23.2 Å². The number of halogens is 5. The van der Waals surface area contributed by atoms with Gasteiger partial charge in [-0.2, -0.15) is 8.78 Å². The minimum absolute atomic E-state index is 0. The third-order valence-electron chi connectivity index (χ3n) is 5.08. The van der Waals surface area contributed by atoms with E-state index < -0.39 is 57.8 Å². The molecule has 0 radical (unpaired) electrons. The van der Waals surface area contributed by atoms with Crippen LogP contribution < -0.4 is 5.73 Å². The molecule has 204 valence electrons. The number of aromatic nitrogens is 1. The fourth-order valence-electron chi connectivity index (χ4n) is 3.11. The van der Waals surface area contributed by atoms with Gasteiger partial charge in [-0.25, -0.2) is 23.4 Å². The zero-order valence-electron chi connectivity index (χ0n) is 21.3. The maximum absolute atomic E-state index is 14.1. The number of carbonyl (C=O) groups is 2. The number of nitrogens with zero attached hydrogens (tertiary/aromatic N) is 1. The molecule has 0 bridgehead atoms. The van der Waals surface area contributed by atoms with E-state index in [2.05, 4.69) is 30.4 Å². The fourth-order valence-corrected chi connectivity index (χ4v) is 3.48. The minimum atomic E-state index is -1.56. The van der Waals surface area contributed by atoms with Gasteiger partial charge >= 0.3 is 11.9 Å². The second-order valence-corrected chi connectivity index (χ2v) is 8.16. The van der Waals surface area contributed by atoms with E-state index in [1.165, 1.54) is 0 Å². The van der Waals surface area contributed by atoms with Gasteiger partial charge in [-0.15, -0.1) is 0 Å². The Kier molecular flexibility index (Phi) is 8.94. The summed E-state index contributed by atoms with van der Waals surface area (Å²) in [7, 11) is 2.10. The highest BCUT2D eigenvalue weighted by atomic mass is 79.9. The summed E-state index contributed by atoms with van der Waals surface area (Å²) in [6.45, 7) is 1.84. The molecule has 38 heavy (non-hydrogen) atoms. The number of nitrogen functional groups attached to an aromatic ring is 1. The van der Waals surface area contributed by atoms with Gasteiger partial charge in [-0.05, 0) is 36.8 Å². The molecule has 13 heteroatoms. The largest absolute Gasteiger partial charge is 0.503 e. The zero-order valence-corrected chi connectivity index (χ0v) is 20.9. The van der Waals surface area contributed by atoms with Crippen LogP contribution in [-0.2, 0) is 9.47 Å². The summed E-state index contributed by atoms with van der Waals surface area (Å²) >= 11 is 3.39. The standard InChI is InChI=1S/C16H10BrF2NO3.C8H7F2NO3.CH4.H2/c1-7-8(4-3-5-10(7)17)15-20-11-6-9(16(21)22-2)12(18)13(19)14(11)23-15;1-14-8(13)3-2-4(11)7(12)6(10)5(3)9;;/h3-6H,1-2H3;2,12H,11H2,1H3;1H4;1H/i;;;1+1D. The predicted molar refractivity (Wildman–Crippen MR) is 136 cm³/mol. The maximum Gasteiger partial charge on any atom is 0.341 e. The van der Waals surface area contributed by atoms with E-state index in [9.17, 15) is 27.2 Å². The molecule has 0 amide bonds. The van der Waals surface area contributed by atoms with Gasteiger partial charge in [-0.3, -0.25) is 0 Å². The number of ether oxygens (including phenoxy) is 2. The molecule has 0 unspecified atom stereocenters. The molecule has 1 aromatic heterocycles. The number of phenolic OH excluding ortho intramolecular Hbond substituents is 1. The van der Waals surface area contributed by atoms with Gasteiger partial charge in [0.15, 0.2) is 23.0 Å². The van der Waals surface area contributed by atoms with E-state index in [1.54, 1.807) is 12.1 Å². The molecule has 3 N–H and O–H groups in total. The monoisotopic (exact) mass is 604 g/mol. The first-order chi connectivity index (χ1) is 18.4. The number of benzene rings is 3. The van der Waals surface area contributed by atoms with Crippen molar-refractivity contribution in [2.75, 3.05) is 20.0 Å². The number of phenols is 1. The summed E-state index contributed by atoms with van der Waals surface area (Å²) in [6.07, 6.45) is 0. The van der Waals surface area contributed by atoms with Crippen LogP contribution in [0.25, 0.3) is 22.6 Å². The number of oxazole rings is 1. The number of aromatic hydroxyl groups is 1. The van der Waals surface area contributed by atoms with Gasteiger partial charge in [0.05, 0.1) is 19.9 Å². The van der Waals surface area contributed by atoms with Crippen LogP contribution in [0.2, 0.25) is 0 Å². The Morgan fingerprint density at radius 2 is 1.58 bits per heavy atom. The number of methoxy groups -OCH3 is 2. The average Bonchev–Trinajstić information content (AvgIpc) is 3.37. The third kappa shape index (κ3) is 5.57. The van der Waals surface area contributed by atoms with Gasteiger partial charge < -0.3 is 24.7 Å².